The van der Waals surface area contributed by atoms with E-state index >= 15 is 0 Å². The third kappa shape index (κ3) is 5.83. The molecule has 29 heavy (non-hydrogen) atoms. The zero-order valence-corrected chi connectivity index (χ0v) is 20.3. The Balaban J connectivity index is 0.00000240. The van der Waals surface area contributed by atoms with Crippen LogP contribution >= 0.6 is 24.0 Å². The van der Waals surface area contributed by atoms with Crippen LogP contribution in [0.5, 0.6) is 0 Å². The lowest BCUT2D eigenvalue weighted by molar-refractivity contribution is 0.0488. The Labute approximate surface area is 192 Å². The molecule has 1 unspecified atom stereocenters. The second-order valence-electron chi connectivity index (χ2n) is 8.79. The molecule has 0 aromatic carbocycles. The number of nitrogens with zero attached hydrogens (tertiary/aromatic N) is 5. The summed E-state index contributed by atoms with van der Waals surface area (Å²) in [6, 6.07) is 0.566. The normalized spacial score (nSPS) is 24.6. The number of ether oxygens (including phenoxy) is 1. The van der Waals surface area contributed by atoms with Crippen molar-refractivity contribution in [2.75, 3.05) is 26.3 Å². The molecule has 3 aliphatic rings. The Hall–Kier alpha value is -0.900. The van der Waals surface area contributed by atoms with Crippen molar-refractivity contribution in [3.8, 4) is 0 Å². The average molecular weight is 516 g/mol. The van der Waals surface area contributed by atoms with Crippen LogP contribution in [-0.4, -0.2) is 58.0 Å². The maximum absolute atomic E-state index is 5.57. The Kier molecular flexibility index (Phi) is 8.58. The van der Waals surface area contributed by atoms with E-state index < -0.39 is 0 Å². The van der Waals surface area contributed by atoms with Gasteiger partial charge in [-0.3, -0.25) is 0 Å². The second kappa shape index (κ2) is 10.9. The molecule has 8 heteroatoms. The van der Waals surface area contributed by atoms with Gasteiger partial charge in [0, 0.05) is 39.4 Å². The van der Waals surface area contributed by atoms with Crippen LogP contribution in [0, 0.1) is 18.8 Å². The molecule has 1 atom stereocenters. The van der Waals surface area contributed by atoms with Gasteiger partial charge >= 0.3 is 0 Å². The van der Waals surface area contributed by atoms with E-state index in [9.17, 15) is 0 Å². The van der Waals surface area contributed by atoms with Crippen LogP contribution in [0.1, 0.15) is 63.0 Å². The number of rotatable bonds is 4. The molecule has 1 aromatic rings. The lowest BCUT2D eigenvalue weighted by atomic mass is 9.85. The quantitative estimate of drug-likeness (QED) is 0.378. The second-order valence-corrected chi connectivity index (χ2v) is 8.79. The lowest BCUT2D eigenvalue weighted by Crippen LogP contribution is -2.46. The molecule has 2 aliphatic heterocycles. The molecular weight excluding hydrogens is 479 g/mol. The van der Waals surface area contributed by atoms with Gasteiger partial charge in [0.05, 0.1) is 0 Å². The van der Waals surface area contributed by atoms with Crippen LogP contribution < -0.4 is 5.32 Å². The minimum Gasteiger partial charge on any atom is -0.381 e. The van der Waals surface area contributed by atoms with E-state index in [0.29, 0.717) is 12.6 Å². The van der Waals surface area contributed by atoms with E-state index in [-0.39, 0.29) is 24.0 Å². The first kappa shape index (κ1) is 22.8. The predicted octanol–water partition coefficient (Wildman–Crippen LogP) is 3.27. The fourth-order valence-electron chi connectivity index (χ4n) is 4.95. The van der Waals surface area contributed by atoms with Crippen molar-refractivity contribution in [1.82, 2.24) is 25.0 Å². The fraction of sp³-hybridized carbons (Fsp3) is 0.857. The topological polar surface area (TPSA) is 67.6 Å². The summed E-state index contributed by atoms with van der Waals surface area (Å²) < 4.78 is 7.61. The van der Waals surface area contributed by atoms with Gasteiger partial charge in [-0.05, 0) is 50.9 Å². The third-order valence-electron chi connectivity index (χ3n) is 6.95. The molecule has 3 heterocycles. The standard InChI is InChI=1S/C21H36N6O.HI/c1-16-24-25-20(26(16)2)14-22-21(23-19-6-4-3-5-7-19)27-11-8-18(15-27)17-9-12-28-13-10-17;/h17-19H,3-15H2,1-2H3,(H,22,23);1H. The highest BCUT2D eigenvalue weighted by Gasteiger charge is 2.32. The highest BCUT2D eigenvalue weighted by atomic mass is 127. The number of guanidine groups is 1. The maximum Gasteiger partial charge on any atom is 0.194 e. The molecule has 7 nitrogen and oxygen atoms in total. The molecule has 1 aliphatic carbocycles. The van der Waals surface area contributed by atoms with Crippen molar-refractivity contribution < 1.29 is 4.74 Å². The molecule has 1 saturated carbocycles. The van der Waals surface area contributed by atoms with Crippen LogP contribution in [0.3, 0.4) is 0 Å². The highest BCUT2D eigenvalue weighted by Crippen LogP contribution is 2.31. The summed E-state index contributed by atoms with van der Waals surface area (Å²) in [5, 5.41) is 12.3. The van der Waals surface area contributed by atoms with Gasteiger partial charge < -0.3 is 19.5 Å². The zero-order chi connectivity index (χ0) is 19.3. The smallest absolute Gasteiger partial charge is 0.194 e. The third-order valence-corrected chi connectivity index (χ3v) is 6.95. The molecular formula is C21H37IN6O. The van der Waals surface area contributed by atoms with Crippen LogP contribution in [0.4, 0.5) is 0 Å². The van der Waals surface area contributed by atoms with Gasteiger partial charge in [0.1, 0.15) is 12.4 Å². The van der Waals surface area contributed by atoms with Crippen molar-refractivity contribution in [1.29, 1.82) is 0 Å². The monoisotopic (exact) mass is 516 g/mol. The van der Waals surface area contributed by atoms with Crippen LogP contribution in [0.2, 0.25) is 0 Å². The molecule has 2 saturated heterocycles. The minimum atomic E-state index is 0. The first-order valence-electron chi connectivity index (χ1n) is 11.2. The van der Waals surface area contributed by atoms with E-state index in [1.165, 1.54) is 51.4 Å². The number of aryl methyl sites for hydroxylation is 1. The minimum absolute atomic E-state index is 0. The maximum atomic E-state index is 5.57. The van der Waals surface area contributed by atoms with Gasteiger partial charge in [-0.15, -0.1) is 34.2 Å². The van der Waals surface area contributed by atoms with Crippen LogP contribution in [-0.2, 0) is 18.3 Å². The van der Waals surface area contributed by atoms with E-state index in [0.717, 1.165) is 55.7 Å². The van der Waals surface area contributed by atoms with Gasteiger partial charge in [0.15, 0.2) is 11.8 Å². The van der Waals surface area contributed by atoms with Crippen LogP contribution in [0.25, 0.3) is 0 Å². The number of hydrogen-bond acceptors (Lipinski definition) is 4. The molecule has 1 N–H and O–H groups in total. The number of likely N-dealkylation sites (tertiary alicyclic amines) is 1. The molecule has 0 amide bonds. The van der Waals surface area contributed by atoms with Crippen LogP contribution in [0.15, 0.2) is 4.99 Å². The van der Waals surface area contributed by atoms with Gasteiger partial charge in [-0.2, -0.15) is 0 Å². The van der Waals surface area contributed by atoms with Gasteiger partial charge in [0.25, 0.3) is 0 Å². The average Bonchev–Trinajstić information content (AvgIpc) is 3.35. The summed E-state index contributed by atoms with van der Waals surface area (Å²) in [5.74, 6) is 4.55. The molecule has 0 radical (unpaired) electrons. The largest absolute Gasteiger partial charge is 0.381 e. The van der Waals surface area contributed by atoms with E-state index in [1.807, 2.05) is 18.5 Å². The van der Waals surface area contributed by atoms with Crippen molar-refractivity contribution in [2.45, 2.75) is 70.9 Å². The fourth-order valence-corrected chi connectivity index (χ4v) is 4.95. The molecule has 4 rings (SSSR count). The first-order valence-corrected chi connectivity index (χ1v) is 11.2. The summed E-state index contributed by atoms with van der Waals surface area (Å²) >= 11 is 0. The Bertz CT molecular complexity index is 666. The summed E-state index contributed by atoms with van der Waals surface area (Å²) in [5.41, 5.74) is 0. The summed E-state index contributed by atoms with van der Waals surface area (Å²) in [7, 11) is 2.02. The van der Waals surface area contributed by atoms with Crippen molar-refractivity contribution in [2.24, 2.45) is 23.9 Å². The van der Waals surface area contributed by atoms with E-state index in [4.69, 9.17) is 9.73 Å². The highest BCUT2D eigenvalue weighted by molar-refractivity contribution is 14.0. The lowest BCUT2D eigenvalue weighted by Gasteiger charge is -2.31. The zero-order valence-electron chi connectivity index (χ0n) is 18.0. The summed E-state index contributed by atoms with van der Waals surface area (Å²) in [6.07, 6.45) is 10.3. The number of aliphatic imine (C=N–C) groups is 1. The summed E-state index contributed by atoms with van der Waals surface area (Å²) in [6.45, 7) is 6.69. The molecule has 0 spiro atoms. The number of hydrogen-bond donors (Lipinski definition) is 1. The Morgan fingerprint density at radius 1 is 1.07 bits per heavy atom. The van der Waals surface area contributed by atoms with E-state index in [1.54, 1.807) is 0 Å². The number of nitrogens with one attached hydrogen (secondary N) is 1. The predicted molar refractivity (Wildman–Crippen MR) is 126 cm³/mol. The molecule has 3 fully saturated rings. The van der Waals surface area contributed by atoms with Gasteiger partial charge in [0.2, 0.25) is 0 Å². The first-order chi connectivity index (χ1) is 13.7. The van der Waals surface area contributed by atoms with Crippen molar-refractivity contribution in [3.63, 3.8) is 0 Å². The number of halogens is 1. The number of aromatic nitrogens is 3. The van der Waals surface area contributed by atoms with E-state index in [2.05, 4.69) is 20.4 Å². The SMILES string of the molecule is Cc1nnc(CN=C(NC2CCCCC2)N2CCC(C3CCOCC3)C2)n1C.I. The molecule has 164 valence electrons. The molecule has 1 aromatic heterocycles. The Morgan fingerprint density at radius 2 is 1.83 bits per heavy atom. The van der Waals surface area contributed by atoms with Crippen molar-refractivity contribution >= 4 is 29.9 Å². The van der Waals surface area contributed by atoms with Crippen molar-refractivity contribution in [3.05, 3.63) is 11.6 Å². The van der Waals surface area contributed by atoms with Gasteiger partial charge in [-0.1, -0.05) is 19.3 Å². The summed E-state index contributed by atoms with van der Waals surface area (Å²) in [4.78, 5) is 7.51. The molecule has 0 bridgehead atoms. The van der Waals surface area contributed by atoms with Gasteiger partial charge in [-0.25, -0.2) is 4.99 Å². The Morgan fingerprint density at radius 3 is 2.52 bits per heavy atom.